The second-order valence-corrected chi connectivity index (χ2v) is 5.57. The molecule has 1 unspecified atom stereocenters. The van der Waals surface area contributed by atoms with Gasteiger partial charge in [-0.1, -0.05) is 26.0 Å². The van der Waals surface area contributed by atoms with Crippen LogP contribution in [0.1, 0.15) is 31.4 Å². The molecule has 0 radical (unpaired) electrons. The summed E-state index contributed by atoms with van der Waals surface area (Å²) >= 11 is 0. The average molecular weight is 281 g/mol. The molecule has 0 spiro atoms. The summed E-state index contributed by atoms with van der Waals surface area (Å²) in [6, 6.07) is 5.08. The summed E-state index contributed by atoms with van der Waals surface area (Å²) in [4.78, 5) is 11.5. The number of rotatable bonds is 7. The Morgan fingerprint density at radius 2 is 2.10 bits per heavy atom. The number of carbonyl (C=O) groups is 1. The van der Waals surface area contributed by atoms with E-state index in [1.165, 1.54) is 13.2 Å². The van der Waals surface area contributed by atoms with Crippen LogP contribution < -0.4 is 5.32 Å². The van der Waals surface area contributed by atoms with E-state index >= 15 is 0 Å². The lowest BCUT2D eigenvalue weighted by Gasteiger charge is -2.19. The summed E-state index contributed by atoms with van der Waals surface area (Å²) in [5, 5.41) is 3.37. The molecule has 0 heterocycles. The summed E-state index contributed by atoms with van der Waals surface area (Å²) in [7, 11) is 1.39. The number of benzene rings is 1. The van der Waals surface area contributed by atoms with Gasteiger partial charge in [-0.25, -0.2) is 4.39 Å². The Kier molecular flexibility index (Phi) is 6.65. The van der Waals surface area contributed by atoms with Crippen molar-refractivity contribution in [2.24, 2.45) is 5.92 Å². The SMILES string of the molecule is COC(=O)CC(Cc1ccc(F)c(C)c1)NCC(C)C. The fourth-order valence-electron chi connectivity index (χ4n) is 2.02. The summed E-state index contributed by atoms with van der Waals surface area (Å²) < 4.78 is 18.0. The molecule has 0 amide bonds. The van der Waals surface area contributed by atoms with Gasteiger partial charge in [0.15, 0.2) is 0 Å². The van der Waals surface area contributed by atoms with E-state index in [0.717, 1.165) is 12.1 Å². The minimum Gasteiger partial charge on any atom is -0.469 e. The lowest BCUT2D eigenvalue weighted by atomic mass is 10.0. The van der Waals surface area contributed by atoms with Gasteiger partial charge in [0, 0.05) is 6.04 Å². The number of esters is 1. The van der Waals surface area contributed by atoms with Crippen molar-refractivity contribution >= 4 is 5.97 Å². The predicted octanol–water partition coefficient (Wildman–Crippen LogP) is 2.85. The average Bonchev–Trinajstić information content (AvgIpc) is 2.40. The van der Waals surface area contributed by atoms with Crippen molar-refractivity contribution in [3.05, 3.63) is 35.1 Å². The lowest BCUT2D eigenvalue weighted by molar-refractivity contribution is -0.141. The second kappa shape index (κ2) is 8.00. The van der Waals surface area contributed by atoms with Crippen LogP contribution in [0.15, 0.2) is 18.2 Å². The fourth-order valence-corrected chi connectivity index (χ4v) is 2.02. The highest BCUT2D eigenvalue weighted by molar-refractivity contribution is 5.70. The summed E-state index contributed by atoms with van der Waals surface area (Å²) in [6.45, 7) is 6.81. The van der Waals surface area contributed by atoms with Crippen LogP contribution in [0, 0.1) is 18.7 Å². The maximum absolute atomic E-state index is 13.3. The number of methoxy groups -OCH3 is 1. The lowest BCUT2D eigenvalue weighted by Crippen LogP contribution is -2.36. The van der Waals surface area contributed by atoms with Gasteiger partial charge in [0.05, 0.1) is 13.5 Å². The molecule has 0 saturated heterocycles. The molecule has 1 atom stereocenters. The Morgan fingerprint density at radius 1 is 1.40 bits per heavy atom. The minimum atomic E-state index is -0.231. The third-order valence-electron chi connectivity index (χ3n) is 3.16. The largest absolute Gasteiger partial charge is 0.469 e. The van der Waals surface area contributed by atoms with Gasteiger partial charge in [0.25, 0.3) is 0 Å². The van der Waals surface area contributed by atoms with Gasteiger partial charge < -0.3 is 10.1 Å². The highest BCUT2D eigenvalue weighted by Crippen LogP contribution is 2.13. The van der Waals surface area contributed by atoms with Gasteiger partial charge >= 0.3 is 5.97 Å². The zero-order valence-corrected chi connectivity index (χ0v) is 12.7. The standard InChI is InChI=1S/C16H24FNO2/c1-11(2)10-18-14(9-16(19)20-4)8-13-5-6-15(17)12(3)7-13/h5-7,11,14,18H,8-10H2,1-4H3. The molecule has 0 bridgehead atoms. The van der Waals surface area contributed by atoms with Crippen LogP contribution in [-0.4, -0.2) is 25.7 Å². The smallest absolute Gasteiger partial charge is 0.307 e. The Labute approximate surface area is 120 Å². The van der Waals surface area contributed by atoms with Crippen molar-refractivity contribution in [1.29, 1.82) is 0 Å². The molecule has 0 aliphatic carbocycles. The van der Waals surface area contributed by atoms with Crippen LogP contribution in [0.2, 0.25) is 0 Å². The molecule has 1 rings (SSSR count). The van der Waals surface area contributed by atoms with Gasteiger partial charge in [-0.3, -0.25) is 4.79 Å². The van der Waals surface area contributed by atoms with E-state index in [-0.39, 0.29) is 17.8 Å². The number of hydrogen-bond acceptors (Lipinski definition) is 3. The number of ether oxygens (including phenoxy) is 1. The highest BCUT2D eigenvalue weighted by atomic mass is 19.1. The van der Waals surface area contributed by atoms with E-state index in [0.29, 0.717) is 24.3 Å². The predicted molar refractivity (Wildman–Crippen MR) is 78.1 cm³/mol. The third kappa shape index (κ3) is 5.70. The van der Waals surface area contributed by atoms with Crippen LogP contribution >= 0.6 is 0 Å². The Balaban J connectivity index is 2.71. The number of carbonyl (C=O) groups excluding carboxylic acids is 1. The Hall–Kier alpha value is -1.42. The number of halogens is 1. The molecule has 4 heteroatoms. The van der Waals surface area contributed by atoms with E-state index < -0.39 is 0 Å². The van der Waals surface area contributed by atoms with Crippen molar-refractivity contribution in [3.8, 4) is 0 Å². The van der Waals surface area contributed by atoms with Gasteiger partial charge in [-0.2, -0.15) is 0 Å². The molecule has 0 aromatic heterocycles. The molecule has 0 aliphatic heterocycles. The number of nitrogens with one attached hydrogen (secondary N) is 1. The van der Waals surface area contributed by atoms with Gasteiger partial charge in [-0.15, -0.1) is 0 Å². The minimum absolute atomic E-state index is 0.00899. The summed E-state index contributed by atoms with van der Waals surface area (Å²) in [6.07, 6.45) is 1.00. The van der Waals surface area contributed by atoms with E-state index in [9.17, 15) is 9.18 Å². The molecule has 0 fully saturated rings. The molecule has 1 aromatic rings. The second-order valence-electron chi connectivity index (χ2n) is 5.57. The molecule has 3 nitrogen and oxygen atoms in total. The molecular weight excluding hydrogens is 257 g/mol. The first-order chi connectivity index (χ1) is 9.42. The van der Waals surface area contributed by atoms with Crippen molar-refractivity contribution < 1.29 is 13.9 Å². The van der Waals surface area contributed by atoms with E-state index in [4.69, 9.17) is 4.74 Å². The van der Waals surface area contributed by atoms with Gasteiger partial charge in [0.1, 0.15) is 5.82 Å². The molecule has 1 aromatic carbocycles. The van der Waals surface area contributed by atoms with Gasteiger partial charge in [-0.05, 0) is 43.0 Å². The van der Waals surface area contributed by atoms with Crippen molar-refractivity contribution in [3.63, 3.8) is 0 Å². The zero-order chi connectivity index (χ0) is 15.1. The van der Waals surface area contributed by atoms with E-state index in [1.54, 1.807) is 13.0 Å². The van der Waals surface area contributed by atoms with Crippen molar-refractivity contribution in [2.75, 3.05) is 13.7 Å². The van der Waals surface area contributed by atoms with Crippen LogP contribution in [0.25, 0.3) is 0 Å². The van der Waals surface area contributed by atoms with Crippen molar-refractivity contribution in [2.45, 2.75) is 39.7 Å². The summed E-state index contributed by atoms with van der Waals surface area (Å²) in [5.74, 6) is 0.0728. The maximum Gasteiger partial charge on any atom is 0.307 e. The fraction of sp³-hybridized carbons (Fsp3) is 0.562. The molecule has 0 saturated carbocycles. The zero-order valence-electron chi connectivity index (χ0n) is 12.7. The van der Waals surface area contributed by atoms with Crippen LogP contribution in [0.5, 0.6) is 0 Å². The van der Waals surface area contributed by atoms with Gasteiger partial charge in [0.2, 0.25) is 0 Å². The molecule has 112 valence electrons. The molecule has 20 heavy (non-hydrogen) atoms. The maximum atomic E-state index is 13.3. The van der Waals surface area contributed by atoms with Crippen LogP contribution in [0.4, 0.5) is 4.39 Å². The molecular formula is C16H24FNO2. The summed E-state index contributed by atoms with van der Waals surface area (Å²) in [5.41, 5.74) is 1.65. The topological polar surface area (TPSA) is 38.3 Å². The molecule has 1 N–H and O–H groups in total. The molecule has 0 aliphatic rings. The normalized spacial score (nSPS) is 12.5. The Morgan fingerprint density at radius 3 is 2.65 bits per heavy atom. The van der Waals surface area contributed by atoms with Crippen LogP contribution in [0.3, 0.4) is 0 Å². The first-order valence-corrected chi connectivity index (χ1v) is 6.97. The first kappa shape index (κ1) is 16.6. The van der Waals surface area contributed by atoms with Crippen molar-refractivity contribution in [1.82, 2.24) is 5.32 Å². The highest BCUT2D eigenvalue weighted by Gasteiger charge is 2.15. The van der Waals surface area contributed by atoms with Crippen LogP contribution in [-0.2, 0) is 16.0 Å². The quantitative estimate of drug-likeness (QED) is 0.781. The third-order valence-corrected chi connectivity index (χ3v) is 3.16. The Bertz CT molecular complexity index is 446. The number of aryl methyl sites for hydroxylation is 1. The monoisotopic (exact) mass is 281 g/mol. The van der Waals surface area contributed by atoms with E-state index in [2.05, 4.69) is 19.2 Å². The number of hydrogen-bond donors (Lipinski definition) is 1. The first-order valence-electron chi connectivity index (χ1n) is 6.97. The van der Waals surface area contributed by atoms with E-state index in [1.807, 2.05) is 6.07 Å².